The molecule has 1 N–H and O–H groups in total. The van der Waals surface area contributed by atoms with E-state index in [4.69, 9.17) is 0 Å². The van der Waals surface area contributed by atoms with Gasteiger partial charge in [-0.3, -0.25) is 9.78 Å². The number of amides is 1. The number of halogens is 1. The number of aryl methyl sites for hydroxylation is 3. The second kappa shape index (κ2) is 5.53. The molecule has 2 rings (SSSR count). The summed E-state index contributed by atoms with van der Waals surface area (Å²) < 4.78 is 0.946. The summed E-state index contributed by atoms with van der Waals surface area (Å²) in [5.41, 5.74) is 4.11. The Labute approximate surface area is 121 Å². The molecule has 1 heterocycles. The highest BCUT2D eigenvalue weighted by Gasteiger charge is 2.10. The molecule has 0 aliphatic heterocycles. The van der Waals surface area contributed by atoms with Gasteiger partial charge >= 0.3 is 0 Å². The minimum atomic E-state index is -0.137. The lowest BCUT2D eigenvalue weighted by Gasteiger charge is -2.09. The Morgan fingerprint density at radius 2 is 1.89 bits per heavy atom. The van der Waals surface area contributed by atoms with Gasteiger partial charge in [-0.25, -0.2) is 0 Å². The topological polar surface area (TPSA) is 42.0 Å². The summed E-state index contributed by atoms with van der Waals surface area (Å²) in [7, 11) is 0. The van der Waals surface area contributed by atoms with Crippen molar-refractivity contribution in [3.63, 3.8) is 0 Å². The third kappa shape index (κ3) is 3.41. The molecular weight excluding hydrogens is 304 g/mol. The molecular formula is C15H15BrN2O. The van der Waals surface area contributed by atoms with E-state index in [2.05, 4.69) is 26.2 Å². The highest BCUT2D eigenvalue weighted by molar-refractivity contribution is 9.10. The van der Waals surface area contributed by atoms with Crippen LogP contribution in [0.2, 0.25) is 0 Å². The number of nitrogens with zero attached hydrogens (tertiary/aromatic N) is 1. The fourth-order valence-electron chi connectivity index (χ4n) is 1.93. The summed E-state index contributed by atoms with van der Waals surface area (Å²) >= 11 is 3.42. The normalized spacial score (nSPS) is 10.3. The van der Waals surface area contributed by atoms with Crippen molar-refractivity contribution in [2.75, 3.05) is 5.32 Å². The van der Waals surface area contributed by atoms with E-state index in [0.29, 0.717) is 5.56 Å². The highest BCUT2D eigenvalue weighted by Crippen LogP contribution is 2.20. The smallest absolute Gasteiger partial charge is 0.257 e. The summed E-state index contributed by atoms with van der Waals surface area (Å²) in [6.07, 6.45) is 0. The lowest BCUT2D eigenvalue weighted by Crippen LogP contribution is -2.14. The van der Waals surface area contributed by atoms with E-state index in [9.17, 15) is 4.79 Å². The fraction of sp³-hybridized carbons (Fsp3) is 0.200. The zero-order valence-corrected chi connectivity index (χ0v) is 12.7. The number of carbonyl (C=O) groups excluding carboxylic acids is 1. The van der Waals surface area contributed by atoms with Gasteiger partial charge in [0, 0.05) is 15.9 Å². The van der Waals surface area contributed by atoms with E-state index in [1.165, 1.54) is 0 Å². The lowest BCUT2D eigenvalue weighted by atomic mass is 10.1. The summed E-state index contributed by atoms with van der Waals surface area (Å²) in [6, 6.07) is 9.45. The summed E-state index contributed by atoms with van der Waals surface area (Å²) in [5.74, 6) is -0.137. The van der Waals surface area contributed by atoms with Gasteiger partial charge in [0.05, 0.1) is 11.3 Å². The van der Waals surface area contributed by atoms with Crippen LogP contribution in [0.5, 0.6) is 0 Å². The number of rotatable bonds is 2. The maximum atomic E-state index is 12.2. The molecule has 0 fully saturated rings. The molecule has 0 saturated carbocycles. The molecule has 98 valence electrons. The van der Waals surface area contributed by atoms with E-state index in [-0.39, 0.29) is 5.91 Å². The van der Waals surface area contributed by atoms with Gasteiger partial charge in [0.2, 0.25) is 0 Å². The van der Waals surface area contributed by atoms with Gasteiger partial charge in [0.15, 0.2) is 0 Å². The predicted molar refractivity (Wildman–Crippen MR) is 80.5 cm³/mol. The molecule has 2 aromatic rings. The number of hydrogen-bond acceptors (Lipinski definition) is 2. The lowest BCUT2D eigenvalue weighted by molar-refractivity contribution is 0.102. The zero-order valence-electron chi connectivity index (χ0n) is 11.1. The summed E-state index contributed by atoms with van der Waals surface area (Å²) in [5, 5.41) is 2.89. The molecule has 4 heteroatoms. The van der Waals surface area contributed by atoms with Gasteiger partial charge in [-0.2, -0.15) is 0 Å². The van der Waals surface area contributed by atoms with Gasteiger partial charge < -0.3 is 5.32 Å². The van der Waals surface area contributed by atoms with Crippen LogP contribution >= 0.6 is 15.9 Å². The summed E-state index contributed by atoms with van der Waals surface area (Å²) in [6.45, 7) is 5.74. The van der Waals surface area contributed by atoms with Crippen LogP contribution in [0.1, 0.15) is 27.3 Å². The van der Waals surface area contributed by atoms with Gasteiger partial charge in [-0.1, -0.05) is 15.9 Å². The molecule has 0 unspecified atom stereocenters. The van der Waals surface area contributed by atoms with Crippen molar-refractivity contribution in [3.8, 4) is 0 Å². The van der Waals surface area contributed by atoms with Crippen molar-refractivity contribution in [3.05, 3.63) is 57.3 Å². The molecule has 1 aromatic heterocycles. The van der Waals surface area contributed by atoms with Gasteiger partial charge in [-0.15, -0.1) is 0 Å². The Hall–Kier alpha value is -1.68. The quantitative estimate of drug-likeness (QED) is 0.908. The van der Waals surface area contributed by atoms with Crippen LogP contribution in [0.4, 0.5) is 5.69 Å². The molecule has 0 atom stereocenters. The Bertz CT molecular complexity index is 618. The number of nitrogens with one attached hydrogen (secondary N) is 1. The number of benzene rings is 1. The average Bonchev–Trinajstić information content (AvgIpc) is 2.26. The van der Waals surface area contributed by atoms with Crippen molar-refractivity contribution >= 4 is 27.5 Å². The maximum Gasteiger partial charge on any atom is 0.257 e. The van der Waals surface area contributed by atoms with Crippen molar-refractivity contribution in [2.45, 2.75) is 20.8 Å². The van der Waals surface area contributed by atoms with Crippen molar-refractivity contribution in [2.24, 2.45) is 0 Å². The number of aromatic nitrogens is 1. The van der Waals surface area contributed by atoms with Crippen LogP contribution in [0, 0.1) is 20.8 Å². The van der Waals surface area contributed by atoms with E-state index in [1.54, 1.807) is 6.07 Å². The maximum absolute atomic E-state index is 12.2. The molecule has 0 bridgehead atoms. The van der Waals surface area contributed by atoms with Crippen LogP contribution in [-0.4, -0.2) is 10.9 Å². The third-order valence-electron chi connectivity index (χ3n) is 2.77. The third-order valence-corrected chi connectivity index (χ3v) is 3.23. The number of carbonyl (C=O) groups is 1. The minimum absolute atomic E-state index is 0.137. The number of anilines is 1. The molecule has 0 radical (unpaired) electrons. The average molecular weight is 319 g/mol. The zero-order chi connectivity index (χ0) is 14.0. The van der Waals surface area contributed by atoms with Crippen LogP contribution in [0.25, 0.3) is 0 Å². The minimum Gasteiger partial charge on any atom is -0.322 e. The monoisotopic (exact) mass is 318 g/mol. The first-order chi connectivity index (χ1) is 8.95. The first-order valence-corrected chi connectivity index (χ1v) is 6.78. The summed E-state index contributed by atoms with van der Waals surface area (Å²) in [4.78, 5) is 16.5. The van der Waals surface area contributed by atoms with E-state index in [0.717, 1.165) is 27.1 Å². The standard InChI is InChI=1S/C15H15BrN2O/c1-9-6-12(16)8-13(7-9)18-15(19)14-5-4-10(2)17-11(14)3/h4-8H,1-3H3,(H,18,19). The molecule has 19 heavy (non-hydrogen) atoms. The Morgan fingerprint density at radius 3 is 2.53 bits per heavy atom. The van der Waals surface area contributed by atoms with Gasteiger partial charge in [0.1, 0.15) is 0 Å². The Kier molecular flexibility index (Phi) is 4.00. The van der Waals surface area contributed by atoms with Crippen molar-refractivity contribution < 1.29 is 4.79 Å². The second-order valence-corrected chi connectivity index (χ2v) is 5.47. The van der Waals surface area contributed by atoms with Crippen LogP contribution in [-0.2, 0) is 0 Å². The first-order valence-electron chi connectivity index (χ1n) is 5.98. The number of pyridine rings is 1. The highest BCUT2D eigenvalue weighted by atomic mass is 79.9. The van der Waals surface area contributed by atoms with E-state index in [1.807, 2.05) is 45.0 Å². The fourth-order valence-corrected chi connectivity index (χ4v) is 2.54. The number of hydrogen-bond donors (Lipinski definition) is 1. The first kappa shape index (κ1) is 13.7. The van der Waals surface area contributed by atoms with E-state index < -0.39 is 0 Å². The Balaban J connectivity index is 2.25. The largest absolute Gasteiger partial charge is 0.322 e. The van der Waals surface area contributed by atoms with Gasteiger partial charge in [0.25, 0.3) is 5.91 Å². The molecule has 3 nitrogen and oxygen atoms in total. The van der Waals surface area contributed by atoms with Crippen LogP contribution < -0.4 is 5.32 Å². The van der Waals surface area contributed by atoms with Crippen molar-refractivity contribution in [1.29, 1.82) is 0 Å². The Morgan fingerprint density at radius 1 is 1.16 bits per heavy atom. The molecule has 0 saturated heterocycles. The van der Waals surface area contributed by atoms with E-state index >= 15 is 0 Å². The molecule has 1 amide bonds. The molecule has 0 aliphatic rings. The molecule has 1 aromatic carbocycles. The van der Waals surface area contributed by atoms with Crippen LogP contribution in [0.3, 0.4) is 0 Å². The predicted octanol–water partition coefficient (Wildman–Crippen LogP) is 4.02. The van der Waals surface area contributed by atoms with Crippen LogP contribution in [0.15, 0.2) is 34.8 Å². The molecule has 0 spiro atoms. The SMILES string of the molecule is Cc1cc(Br)cc(NC(=O)c2ccc(C)nc2C)c1. The van der Waals surface area contributed by atoms with Gasteiger partial charge in [-0.05, 0) is 56.7 Å². The molecule has 0 aliphatic carbocycles. The second-order valence-electron chi connectivity index (χ2n) is 4.56. The van der Waals surface area contributed by atoms with Crippen molar-refractivity contribution in [1.82, 2.24) is 4.98 Å².